The largest absolute Gasteiger partial charge is 0.354 e. The number of carbonyl (C=O) groups is 1. The van der Waals surface area contributed by atoms with Crippen LogP contribution < -0.4 is 0 Å². The number of nitrogens with zero attached hydrogens (tertiary/aromatic N) is 2. The molecule has 1 aromatic heterocycles. The van der Waals surface area contributed by atoms with Crippen molar-refractivity contribution in [2.45, 2.75) is 24.6 Å². The van der Waals surface area contributed by atoms with Gasteiger partial charge in [-0.2, -0.15) is 0 Å². The molecular weight excluding hydrogens is 262 g/mol. The molecule has 0 spiro atoms. The Balaban J connectivity index is 1.74. The zero-order valence-corrected chi connectivity index (χ0v) is 12.0. The quantitative estimate of drug-likeness (QED) is 0.793. The summed E-state index contributed by atoms with van der Waals surface area (Å²) in [5.41, 5.74) is 3.17. The Morgan fingerprint density at radius 2 is 2.11 bits per heavy atom. The summed E-state index contributed by atoms with van der Waals surface area (Å²) in [7, 11) is 2.09. The maximum absolute atomic E-state index is 12.4. The number of hydrogen-bond acceptors (Lipinski definition) is 2. The molecule has 1 N–H and O–H groups in total. The second kappa shape index (κ2) is 5.17. The molecule has 1 saturated heterocycles. The van der Waals surface area contributed by atoms with E-state index in [2.05, 4.69) is 16.9 Å². The first-order valence-electron chi connectivity index (χ1n) is 6.96. The average Bonchev–Trinajstić information content (AvgIpc) is 2.81. The van der Waals surface area contributed by atoms with Gasteiger partial charge in [-0.25, -0.2) is 0 Å². The lowest BCUT2D eigenvalue weighted by molar-refractivity contribution is 0.0658. The van der Waals surface area contributed by atoms with Crippen LogP contribution in [0.1, 0.15) is 28.2 Å². The Morgan fingerprint density at radius 3 is 2.84 bits per heavy atom. The maximum Gasteiger partial charge on any atom is 0.270 e. The van der Waals surface area contributed by atoms with E-state index in [0.717, 1.165) is 51.1 Å². The predicted octanol–water partition coefficient (Wildman–Crippen LogP) is 1.50. The Morgan fingerprint density at radius 1 is 1.37 bits per heavy atom. The maximum atomic E-state index is 12.4. The fourth-order valence-corrected chi connectivity index (χ4v) is 3.16. The molecule has 1 aromatic rings. The lowest BCUT2D eigenvalue weighted by atomic mass is 9.98. The summed E-state index contributed by atoms with van der Waals surface area (Å²) in [6, 6.07) is 2.00. The fourth-order valence-electron chi connectivity index (χ4n) is 2.88. The van der Waals surface area contributed by atoms with E-state index in [4.69, 9.17) is 11.6 Å². The number of fused-ring (bicyclic) bond motifs is 1. The van der Waals surface area contributed by atoms with Crippen molar-refractivity contribution in [3.8, 4) is 0 Å². The van der Waals surface area contributed by atoms with Crippen molar-refractivity contribution < 1.29 is 4.79 Å². The number of rotatable bonds is 1. The SMILES string of the molecule is CN1CCN(C(=O)c2cc3c([nH]2)CCC(Cl)C3)CC1. The number of piperazine rings is 1. The van der Waals surface area contributed by atoms with Gasteiger partial charge >= 0.3 is 0 Å². The third kappa shape index (κ3) is 2.65. The van der Waals surface area contributed by atoms with Crippen molar-refractivity contribution in [3.63, 3.8) is 0 Å². The number of H-pyrrole nitrogens is 1. The van der Waals surface area contributed by atoms with Crippen LogP contribution in [0.3, 0.4) is 0 Å². The first-order valence-corrected chi connectivity index (χ1v) is 7.40. The van der Waals surface area contributed by atoms with E-state index in [1.165, 1.54) is 11.3 Å². The molecule has 0 bridgehead atoms. The lowest BCUT2D eigenvalue weighted by Crippen LogP contribution is -2.47. The van der Waals surface area contributed by atoms with Crippen molar-refractivity contribution in [3.05, 3.63) is 23.0 Å². The Labute approximate surface area is 118 Å². The third-order valence-electron chi connectivity index (χ3n) is 4.16. The molecule has 5 heteroatoms. The molecule has 4 nitrogen and oxygen atoms in total. The van der Waals surface area contributed by atoms with E-state index in [1.807, 2.05) is 11.0 Å². The van der Waals surface area contributed by atoms with Gasteiger partial charge in [-0.15, -0.1) is 11.6 Å². The molecule has 0 aromatic carbocycles. The Hall–Kier alpha value is -1.00. The van der Waals surface area contributed by atoms with Crippen molar-refractivity contribution in [2.75, 3.05) is 33.2 Å². The second-order valence-corrected chi connectivity index (χ2v) is 6.24. The molecular formula is C14H20ClN3O. The van der Waals surface area contributed by atoms with Gasteiger partial charge in [0.1, 0.15) is 5.69 Å². The van der Waals surface area contributed by atoms with Crippen LogP contribution >= 0.6 is 11.6 Å². The number of halogens is 1. The zero-order chi connectivity index (χ0) is 13.4. The molecule has 1 aliphatic carbocycles. The van der Waals surface area contributed by atoms with Gasteiger partial charge in [-0.1, -0.05) is 0 Å². The molecule has 1 unspecified atom stereocenters. The van der Waals surface area contributed by atoms with Gasteiger partial charge in [0.25, 0.3) is 5.91 Å². The lowest BCUT2D eigenvalue weighted by Gasteiger charge is -2.32. The highest BCUT2D eigenvalue weighted by atomic mass is 35.5. The summed E-state index contributed by atoms with van der Waals surface area (Å²) in [6.45, 7) is 3.54. The van der Waals surface area contributed by atoms with E-state index < -0.39 is 0 Å². The standard InChI is InChI=1S/C14H20ClN3O/c1-17-4-6-18(7-5-17)14(19)13-9-10-8-11(15)2-3-12(10)16-13/h9,11,16H,2-8H2,1H3. The molecule has 1 aliphatic heterocycles. The molecule has 1 atom stereocenters. The molecule has 3 rings (SSSR count). The van der Waals surface area contributed by atoms with Crippen molar-refractivity contribution in [1.82, 2.24) is 14.8 Å². The number of alkyl halides is 1. The van der Waals surface area contributed by atoms with E-state index >= 15 is 0 Å². The summed E-state index contributed by atoms with van der Waals surface area (Å²) in [6.07, 6.45) is 2.83. The molecule has 104 valence electrons. The fraction of sp³-hybridized carbons (Fsp3) is 0.643. The number of amides is 1. The number of nitrogens with one attached hydrogen (secondary N) is 1. The Kier molecular flexibility index (Phi) is 3.54. The summed E-state index contributed by atoms with van der Waals surface area (Å²) < 4.78 is 0. The molecule has 1 amide bonds. The van der Waals surface area contributed by atoms with Gasteiger partial charge in [0.2, 0.25) is 0 Å². The summed E-state index contributed by atoms with van der Waals surface area (Å²) in [5, 5.41) is 0.217. The number of carbonyl (C=O) groups excluding carboxylic acids is 1. The summed E-state index contributed by atoms with van der Waals surface area (Å²) in [4.78, 5) is 19.9. The van der Waals surface area contributed by atoms with E-state index in [1.54, 1.807) is 0 Å². The molecule has 2 aliphatic rings. The highest BCUT2D eigenvalue weighted by Gasteiger charge is 2.25. The van der Waals surface area contributed by atoms with Crippen LogP contribution in [-0.2, 0) is 12.8 Å². The average molecular weight is 282 g/mol. The van der Waals surface area contributed by atoms with Crippen molar-refractivity contribution in [2.24, 2.45) is 0 Å². The zero-order valence-electron chi connectivity index (χ0n) is 11.3. The number of aromatic nitrogens is 1. The molecule has 1 fully saturated rings. The minimum atomic E-state index is 0.133. The molecule has 2 heterocycles. The molecule has 19 heavy (non-hydrogen) atoms. The monoisotopic (exact) mass is 281 g/mol. The third-order valence-corrected chi connectivity index (χ3v) is 4.53. The number of aryl methyl sites for hydroxylation is 1. The number of likely N-dealkylation sites (N-methyl/N-ethyl adjacent to an activating group) is 1. The minimum absolute atomic E-state index is 0.133. The van der Waals surface area contributed by atoms with Gasteiger partial charge in [-0.05, 0) is 37.9 Å². The van der Waals surface area contributed by atoms with Crippen LogP contribution in [0.2, 0.25) is 0 Å². The van der Waals surface area contributed by atoms with Crippen LogP contribution in [0.5, 0.6) is 0 Å². The van der Waals surface area contributed by atoms with Gasteiger partial charge in [0, 0.05) is 37.3 Å². The number of aromatic amines is 1. The highest BCUT2D eigenvalue weighted by Crippen LogP contribution is 2.25. The second-order valence-electron chi connectivity index (χ2n) is 5.62. The van der Waals surface area contributed by atoms with Crippen LogP contribution in [0.4, 0.5) is 0 Å². The summed E-state index contributed by atoms with van der Waals surface area (Å²) in [5.74, 6) is 0.133. The molecule has 0 radical (unpaired) electrons. The van der Waals surface area contributed by atoms with Crippen molar-refractivity contribution >= 4 is 17.5 Å². The van der Waals surface area contributed by atoms with Gasteiger partial charge < -0.3 is 14.8 Å². The van der Waals surface area contributed by atoms with E-state index in [0.29, 0.717) is 0 Å². The van der Waals surface area contributed by atoms with E-state index in [-0.39, 0.29) is 11.3 Å². The first kappa shape index (κ1) is 13.0. The highest BCUT2D eigenvalue weighted by molar-refractivity contribution is 6.20. The predicted molar refractivity (Wildman–Crippen MR) is 75.9 cm³/mol. The molecule has 0 saturated carbocycles. The smallest absolute Gasteiger partial charge is 0.270 e. The topological polar surface area (TPSA) is 39.3 Å². The summed E-state index contributed by atoms with van der Waals surface area (Å²) >= 11 is 6.18. The number of hydrogen-bond donors (Lipinski definition) is 1. The van der Waals surface area contributed by atoms with Crippen molar-refractivity contribution in [1.29, 1.82) is 0 Å². The van der Waals surface area contributed by atoms with Gasteiger partial charge in [-0.3, -0.25) is 4.79 Å². The Bertz CT molecular complexity index is 477. The van der Waals surface area contributed by atoms with Gasteiger partial charge in [0.05, 0.1) is 0 Å². The minimum Gasteiger partial charge on any atom is -0.354 e. The van der Waals surface area contributed by atoms with E-state index in [9.17, 15) is 4.79 Å². The van der Waals surface area contributed by atoms with Crippen LogP contribution in [0.25, 0.3) is 0 Å². The first-order chi connectivity index (χ1) is 9.13. The van der Waals surface area contributed by atoms with Crippen LogP contribution in [0, 0.1) is 0 Å². The normalized spacial score (nSPS) is 24.3. The van der Waals surface area contributed by atoms with Crippen LogP contribution in [-0.4, -0.2) is 59.3 Å². The van der Waals surface area contributed by atoms with Gasteiger partial charge in [0.15, 0.2) is 0 Å². The van der Waals surface area contributed by atoms with Crippen LogP contribution in [0.15, 0.2) is 6.07 Å².